The first kappa shape index (κ1) is 11.4. The molecule has 2 N–H and O–H groups in total. The first-order chi connectivity index (χ1) is 9.25. The van der Waals surface area contributed by atoms with E-state index in [-0.39, 0.29) is 0 Å². The zero-order valence-corrected chi connectivity index (χ0v) is 10.4. The predicted octanol–water partition coefficient (Wildman–Crippen LogP) is 2.69. The Labute approximate surface area is 110 Å². The van der Waals surface area contributed by atoms with Crippen molar-refractivity contribution in [2.75, 3.05) is 5.73 Å². The van der Waals surface area contributed by atoms with Crippen molar-refractivity contribution >= 4 is 5.69 Å². The van der Waals surface area contributed by atoms with Crippen molar-refractivity contribution in [2.24, 2.45) is 0 Å². The number of benzene rings is 1. The molecule has 19 heavy (non-hydrogen) atoms. The number of hydrogen-bond donors (Lipinski definition) is 1. The molecular formula is C14H12N4O. The summed E-state index contributed by atoms with van der Waals surface area (Å²) < 4.78 is 5.26. The van der Waals surface area contributed by atoms with E-state index < -0.39 is 0 Å². The normalized spacial score (nSPS) is 10.6. The summed E-state index contributed by atoms with van der Waals surface area (Å²) in [5.41, 5.74) is 8.94. The highest BCUT2D eigenvalue weighted by molar-refractivity contribution is 5.71. The zero-order valence-electron chi connectivity index (χ0n) is 10.4. The van der Waals surface area contributed by atoms with Gasteiger partial charge in [-0.3, -0.25) is 4.98 Å². The SMILES string of the molecule is Cc1cccnc1-c1noc(-c2ccccc2N)n1. The third-order valence-corrected chi connectivity index (χ3v) is 2.84. The molecule has 0 atom stereocenters. The molecule has 5 heteroatoms. The number of aryl methyl sites for hydroxylation is 1. The van der Waals surface area contributed by atoms with Gasteiger partial charge in [-0.1, -0.05) is 23.4 Å². The molecule has 5 nitrogen and oxygen atoms in total. The number of nitrogens with zero attached hydrogens (tertiary/aromatic N) is 3. The van der Waals surface area contributed by atoms with Gasteiger partial charge in [0.15, 0.2) is 0 Å². The summed E-state index contributed by atoms with van der Waals surface area (Å²) in [5.74, 6) is 0.870. The van der Waals surface area contributed by atoms with Crippen LogP contribution in [0.15, 0.2) is 47.1 Å². The molecular weight excluding hydrogens is 240 g/mol. The Hall–Kier alpha value is -2.69. The number of pyridine rings is 1. The fraction of sp³-hybridized carbons (Fsp3) is 0.0714. The Bertz CT molecular complexity index is 661. The van der Waals surface area contributed by atoms with Gasteiger partial charge in [-0.05, 0) is 30.7 Å². The average Bonchev–Trinajstić information content (AvgIpc) is 2.89. The fourth-order valence-electron chi connectivity index (χ4n) is 1.84. The van der Waals surface area contributed by atoms with Crippen LogP contribution in [0.3, 0.4) is 0 Å². The molecule has 0 radical (unpaired) electrons. The van der Waals surface area contributed by atoms with Crippen molar-refractivity contribution in [1.29, 1.82) is 0 Å². The number of aromatic nitrogens is 3. The van der Waals surface area contributed by atoms with Gasteiger partial charge in [-0.25, -0.2) is 0 Å². The van der Waals surface area contributed by atoms with Crippen molar-refractivity contribution in [2.45, 2.75) is 6.92 Å². The van der Waals surface area contributed by atoms with Gasteiger partial charge in [0.1, 0.15) is 5.69 Å². The second-order valence-corrected chi connectivity index (χ2v) is 4.18. The largest absolute Gasteiger partial charge is 0.398 e. The van der Waals surface area contributed by atoms with Crippen molar-refractivity contribution in [3.05, 3.63) is 48.2 Å². The number of nitrogens with two attached hydrogens (primary N) is 1. The van der Waals surface area contributed by atoms with E-state index >= 15 is 0 Å². The summed E-state index contributed by atoms with van der Waals surface area (Å²) in [6.45, 7) is 1.95. The van der Waals surface area contributed by atoms with Gasteiger partial charge in [0.2, 0.25) is 5.82 Å². The maximum atomic E-state index is 5.89. The molecule has 0 saturated heterocycles. The predicted molar refractivity (Wildman–Crippen MR) is 72.1 cm³/mol. The van der Waals surface area contributed by atoms with Gasteiger partial charge in [0.05, 0.1) is 5.56 Å². The minimum Gasteiger partial charge on any atom is -0.398 e. The van der Waals surface area contributed by atoms with E-state index in [0.29, 0.717) is 23.1 Å². The monoisotopic (exact) mass is 252 g/mol. The second-order valence-electron chi connectivity index (χ2n) is 4.18. The van der Waals surface area contributed by atoms with Crippen molar-refractivity contribution < 1.29 is 4.52 Å². The van der Waals surface area contributed by atoms with Crippen LogP contribution >= 0.6 is 0 Å². The number of anilines is 1. The van der Waals surface area contributed by atoms with E-state index in [4.69, 9.17) is 10.3 Å². The van der Waals surface area contributed by atoms with Crippen molar-refractivity contribution in [1.82, 2.24) is 15.1 Å². The van der Waals surface area contributed by atoms with Crippen LogP contribution in [0, 0.1) is 6.92 Å². The van der Waals surface area contributed by atoms with Gasteiger partial charge in [0.25, 0.3) is 5.89 Å². The highest BCUT2D eigenvalue weighted by Gasteiger charge is 2.14. The Balaban J connectivity index is 2.06. The standard InChI is InChI=1S/C14H12N4O/c1-9-5-4-8-16-12(9)13-17-14(19-18-13)10-6-2-3-7-11(10)15/h2-8H,15H2,1H3. The third-order valence-electron chi connectivity index (χ3n) is 2.84. The maximum absolute atomic E-state index is 5.89. The summed E-state index contributed by atoms with van der Waals surface area (Å²) in [6, 6.07) is 11.2. The van der Waals surface area contributed by atoms with Crippen molar-refractivity contribution in [3.63, 3.8) is 0 Å². The quantitative estimate of drug-likeness (QED) is 0.709. The van der Waals surface area contributed by atoms with E-state index in [0.717, 1.165) is 11.1 Å². The maximum Gasteiger partial charge on any atom is 0.260 e. The minimum atomic E-state index is 0.401. The van der Waals surface area contributed by atoms with Crippen LogP contribution in [0.1, 0.15) is 5.56 Å². The summed E-state index contributed by atoms with van der Waals surface area (Å²) in [7, 11) is 0. The highest BCUT2D eigenvalue weighted by Crippen LogP contribution is 2.26. The van der Waals surface area contributed by atoms with Crippen LogP contribution in [0.2, 0.25) is 0 Å². The van der Waals surface area contributed by atoms with Crippen LogP contribution in [0.4, 0.5) is 5.69 Å². The fourth-order valence-corrected chi connectivity index (χ4v) is 1.84. The average molecular weight is 252 g/mol. The lowest BCUT2D eigenvalue weighted by Crippen LogP contribution is -1.91. The Morgan fingerprint density at radius 1 is 1.11 bits per heavy atom. The first-order valence-corrected chi connectivity index (χ1v) is 5.86. The lowest BCUT2D eigenvalue weighted by molar-refractivity contribution is 0.432. The number of rotatable bonds is 2. The van der Waals surface area contributed by atoms with E-state index in [1.165, 1.54) is 0 Å². The lowest BCUT2D eigenvalue weighted by atomic mass is 10.2. The molecule has 3 aromatic rings. The number of hydrogen-bond acceptors (Lipinski definition) is 5. The summed E-state index contributed by atoms with van der Waals surface area (Å²) in [6.07, 6.45) is 1.70. The van der Waals surface area contributed by atoms with Crippen LogP contribution in [0.25, 0.3) is 23.0 Å². The van der Waals surface area contributed by atoms with Crippen LogP contribution in [-0.2, 0) is 0 Å². The van der Waals surface area contributed by atoms with Gasteiger partial charge >= 0.3 is 0 Å². The molecule has 0 unspecified atom stereocenters. The van der Waals surface area contributed by atoms with E-state index in [1.54, 1.807) is 12.3 Å². The van der Waals surface area contributed by atoms with Gasteiger partial charge in [0, 0.05) is 11.9 Å². The molecule has 0 aliphatic carbocycles. The lowest BCUT2D eigenvalue weighted by Gasteiger charge is -1.98. The molecule has 2 aromatic heterocycles. The van der Waals surface area contributed by atoms with E-state index in [2.05, 4.69) is 15.1 Å². The molecule has 0 aliphatic heterocycles. The Kier molecular flexibility index (Phi) is 2.72. The Morgan fingerprint density at radius 3 is 2.74 bits per heavy atom. The molecule has 0 spiro atoms. The number of nitrogen functional groups attached to an aromatic ring is 1. The first-order valence-electron chi connectivity index (χ1n) is 5.86. The molecule has 0 aliphatic rings. The van der Waals surface area contributed by atoms with Gasteiger partial charge < -0.3 is 10.3 Å². The third kappa shape index (κ3) is 2.06. The van der Waals surface area contributed by atoms with Gasteiger partial charge in [-0.2, -0.15) is 4.98 Å². The molecule has 0 amide bonds. The second kappa shape index (κ2) is 4.53. The summed E-state index contributed by atoms with van der Waals surface area (Å²) >= 11 is 0. The van der Waals surface area contributed by atoms with E-state index in [9.17, 15) is 0 Å². The minimum absolute atomic E-state index is 0.401. The van der Waals surface area contributed by atoms with E-state index in [1.807, 2.05) is 37.3 Å². The topological polar surface area (TPSA) is 77.8 Å². The van der Waals surface area contributed by atoms with Gasteiger partial charge in [-0.15, -0.1) is 0 Å². The Morgan fingerprint density at radius 2 is 1.95 bits per heavy atom. The van der Waals surface area contributed by atoms with Crippen molar-refractivity contribution in [3.8, 4) is 23.0 Å². The summed E-state index contributed by atoms with van der Waals surface area (Å²) in [4.78, 5) is 8.61. The zero-order chi connectivity index (χ0) is 13.2. The van der Waals surface area contributed by atoms with Crippen LogP contribution in [0.5, 0.6) is 0 Å². The molecule has 0 saturated carbocycles. The molecule has 94 valence electrons. The molecule has 1 aromatic carbocycles. The summed E-state index contributed by atoms with van der Waals surface area (Å²) in [5, 5.41) is 3.96. The molecule has 2 heterocycles. The molecule has 0 fully saturated rings. The number of para-hydroxylation sites is 1. The van der Waals surface area contributed by atoms with Crippen LogP contribution in [-0.4, -0.2) is 15.1 Å². The molecule has 0 bridgehead atoms. The molecule has 3 rings (SSSR count). The van der Waals surface area contributed by atoms with Crippen LogP contribution < -0.4 is 5.73 Å². The highest BCUT2D eigenvalue weighted by atomic mass is 16.5. The smallest absolute Gasteiger partial charge is 0.260 e.